The molecule has 5 amide bonds. The van der Waals surface area contributed by atoms with Crippen molar-refractivity contribution in [3.8, 4) is 5.69 Å². The van der Waals surface area contributed by atoms with Crippen LogP contribution < -0.4 is 95.7 Å². The molecule has 0 bridgehead atoms. The Hall–Kier alpha value is -4.88. The zero-order valence-electron chi connectivity index (χ0n) is 26.8. The van der Waals surface area contributed by atoms with Gasteiger partial charge in [0.05, 0.1) is 5.69 Å². The second-order valence-corrected chi connectivity index (χ2v) is 10.2. The molecule has 15 heteroatoms. The predicted octanol–water partition coefficient (Wildman–Crippen LogP) is 0.541. The molecule has 0 atom stereocenters. The number of hydrogen-bond acceptors (Lipinski definition) is 9. The van der Waals surface area contributed by atoms with Crippen LogP contribution in [0.3, 0.4) is 0 Å². The Morgan fingerprint density at radius 3 is 2.40 bits per heavy atom. The fourth-order valence-electron chi connectivity index (χ4n) is 4.78. The maximum atomic E-state index is 13.5. The maximum Gasteiger partial charge on any atom is 1.00 e. The van der Waals surface area contributed by atoms with Crippen LogP contribution in [0.4, 0.5) is 16.2 Å². The smallest absolute Gasteiger partial charge is 0.870 e. The van der Waals surface area contributed by atoms with Crippen LogP contribution in [0.5, 0.6) is 0 Å². The number of urea groups is 1. The van der Waals surface area contributed by atoms with Gasteiger partial charge >= 0.3 is 74.9 Å². The van der Waals surface area contributed by atoms with Gasteiger partial charge in [-0.3, -0.25) is 25.1 Å². The van der Waals surface area contributed by atoms with Gasteiger partial charge in [0, 0.05) is 18.3 Å². The molecule has 5 N–H and O–H groups in total. The number of H-pyrrole nitrogens is 1. The molecule has 4 aromatic rings. The molecule has 1 saturated heterocycles. The molecule has 5 rings (SSSR count). The molecule has 0 unspecified atom stereocenters. The van der Waals surface area contributed by atoms with Crippen molar-refractivity contribution in [3.63, 3.8) is 0 Å². The van der Waals surface area contributed by atoms with Gasteiger partial charge in [0.1, 0.15) is 12.2 Å². The summed E-state index contributed by atoms with van der Waals surface area (Å²) in [6, 6.07) is 20.6. The van der Waals surface area contributed by atoms with Crippen LogP contribution in [0, 0.1) is 11.6 Å². The Labute approximate surface area is 343 Å². The van der Waals surface area contributed by atoms with Crippen molar-refractivity contribution in [3.05, 3.63) is 146 Å². The topological polar surface area (TPSA) is 214 Å². The van der Waals surface area contributed by atoms with Crippen molar-refractivity contribution >= 4 is 53.2 Å². The average molecular weight is 794 g/mol. The number of allylic oxidation sites excluding steroid dienone is 4. The van der Waals surface area contributed by atoms with Crippen LogP contribution in [-0.4, -0.2) is 45.2 Å². The zero-order chi connectivity index (χ0) is 34.2. The molecule has 0 aliphatic carbocycles. The first-order valence-corrected chi connectivity index (χ1v) is 14.4. The van der Waals surface area contributed by atoms with Crippen LogP contribution in [-0.2, 0) is 25.7 Å². The Kier molecular flexibility index (Phi) is 14.4. The van der Waals surface area contributed by atoms with Crippen molar-refractivity contribution < 1.29 is 98.3 Å². The third-order valence-electron chi connectivity index (χ3n) is 6.94. The number of rotatable bonds is 10. The van der Waals surface area contributed by atoms with E-state index < -0.39 is 29.1 Å². The van der Waals surface area contributed by atoms with Crippen molar-refractivity contribution in [1.29, 1.82) is 5.41 Å². The van der Waals surface area contributed by atoms with Gasteiger partial charge < -0.3 is 34.7 Å². The molecule has 2 heterocycles. The van der Waals surface area contributed by atoms with Gasteiger partial charge in [0.25, 0.3) is 11.8 Å². The number of ether oxygens (including phenoxy) is 1. The molecule has 3 aromatic carbocycles. The summed E-state index contributed by atoms with van der Waals surface area (Å²) in [7, 11) is 0. The fraction of sp³-hybridized carbons (Fsp3) is 0.0571. The summed E-state index contributed by atoms with van der Waals surface area (Å²) in [5, 5.41) is 11.8. The number of carbonyl (C=O) groups excluding carboxylic acids is 4. The van der Waals surface area contributed by atoms with E-state index in [1.807, 2.05) is 0 Å². The quantitative estimate of drug-likeness (QED) is 0.0443. The van der Waals surface area contributed by atoms with Crippen molar-refractivity contribution in [2.45, 2.75) is 13.5 Å². The van der Waals surface area contributed by atoms with E-state index in [4.69, 9.17) is 10.1 Å². The molecule has 0 saturated carbocycles. The number of amides is 5. The van der Waals surface area contributed by atoms with Crippen molar-refractivity contribution in [2.24, 2.45) is 0 Å². The summed E-state index contributed by atoms with van der Waals surface area (Å²) >= 11 is 0. The number of carbonyl (C=O) groups is 4. The minimum Gasteiger partial charge on any atom is -0.870 e. The molecule has 50 heavy (non-hydrogen) atoms. The van der Waals surface area contributed by atoms with E-state index in [0.29, 0.717) is 22.4 Å². The Morgan fingerprint density at radius 1 is 0.960 bits per heavy atom. The SMILES string of the molecule is CC(=O)Nc1cccc(-n2c(=O)[nH][c-]c(C=CC(=CC=C3C(=O)NC(=O)N(c4cccc(COC=N)c4)C3=O)c3ccccc3)c2=O)c1.[Cs+].[OH-]. The summed E-state index contributed by atoms with van der Waals surface area (Å²) < 4.78 is 5.88. The average Bonchev–Trinajstić information content (AvgIpc) is 3.06. The minimum atomic E-state index is -0.924. The fourth-order valence-corrected chi connectivity index (χ4v) is 4.78. The number of benzene rings is 3. The number of anilines is 2. The van der Waals surface area contributed by atoms with Gasteiger partial charge in [-0.05, 0) is 53.1 Å². The van der Waals surface area contributed by atoms with Gasteiger partial charge in [-0.2, -0.15) is 0 Å². The standard InChI is InChI=1S/C35H27N6O7.Cs.H2O/c1-22(42)38-27-10-6-12-29(18-27)40-32(44)26(19-37-34(40)46)14-13-25(24-8-3-2-4-9-24)15-16-30-31(43)39-35(47)41(33(30)45)28-11-5-7-23(17-28)20-48-21-36;;/h2-18,21,36H,20H2,1H3,(H,37,46)(H,38,42)(H,39,43,47);;1H2/q-1;+1;/p-1. The summed E-state index contributed by atoms with van der Waals surface area (Å²) in [5.74, 6) is -2.07. The van der Waals surface area contributed by atoms with Crippen LogP contribution >= 0.6 is 0 Å². The van der Waals surface area contributed by atoms with Gasteiger partial charge in [0.2, 0.25) is 11.6 Å². The first-order valence-electron chi connectivity index (χ1n) is 14.4. The molecule has 0 radical (unpaired) electrons. The number of aromatic amines is 1. The molecule has 1 aromatic heterocycles. The Morgan fingerprint density at radius 2 is 1.68 bits per heavy atom. The molecule has 1 aliphatic rings. The predicted molar refractivity (Wildman–Crippen MR) is 180 cm³/mol. The normalized spacial score (nSPS) is 13.7. The number of hydrogen-bond donors (Lipinski definition) is 4. The second-order valence-electron chi connectivity index (χ2n) is 10.2. The first-order chi connectivity index (χ1) is 23.2. The molecule has 0 spiro atoms. The molecule has 1 fully saturated rings. The van der Waals surface area contributed by atoms with E-state index in [1.165, 1.54) is 49.4 Å². The molecule has 248 valence electrons. The Balaban J connectivity index is 0.00000338. The van der Waals surface area contributed by atoms with Crippen LogP contribution in [0.15, 0.2) is 112 Å². The Bertz CT molecular complexity index is 2150. The number of aromatic nitrogens is 2. The summed E-state index contributed by atoms with van der Waals surface area (Å²) in [6.45, 7) is 1.38. The molecule has 14 nitrogen and oxygen atoms in total. The van der Waals surface area contributed by atoms with E-state index in [2.05, 4.69) is 21.8 Å². The summed E-state index contributed by atoms with van der Waals surface area (Å²) in [5.41, 5.74) is 0.761. The second kappa shape index (κ2) is 18.2. The van der Waals surface area contributed by atoms with Crippen molar-refractivity contribution in [2.75, 3.05) is 10.2 Å². The summed E-state index contributed by atoms with van der Waals surface area (Å²) in [6.07, 6.45) is 9.09. The first kappa shape index (κ1) is 39.6. The van der Waals surface area contributed by atoms with E-state index >= 15 is 0 Å². The third kappa shape index (κ3) is 9.42. The van der Waals surface area contributed by atoms with Gasteiger partial charge in [-0.15, -0.1) is 6.08 Å². The van der Waals surface area contributed by atoms with Crippen LogP contribution in [0.1, 0.15) is 23.6 Å². The number of nitrogens with zero attached hydrogens (tertiary/aromatic N) is 2. The molecular weight excluding hydrogens is 765 g/mol. The summed E-state index contributed by atoms with van der Waals surface area (Å²) in [4.78, 5) is 79.9. The molecule has 1 aliphatic heterocycles. The van der Waals surface area contributed by atoms with E-state index in [-0.39, 0.29) is 109 Å². The van der Waals surface area contributed by atoms with E-state index in [0.717, 1.165) is 15.9 Å². The monoisotopic (exact) mass is 793 g/mol. The molecular formula is C35H28CsN6O8-. The van der Waals surface area contributed by atoms with Crippen LogP contribution in [0.25, 0.3) is 17.3 Å². The number of imide groups is 2. The number of nitrogens with one attached hydrogen (secondary N) is 4. The van der Waals surface area contributed by atoms with Gasteiger partial charge in [-0.1, -0.05) is 72.4 Å². The van der Waals surface area contributed by atoms with Gasteiger partial charge in [-0.25, -0.2) is 9.69 Å². The van der Waals surface area contributed by atoms with E-state index in [9.17, 15) is 28.8 Å². The number of barbiturate groups is 1. The van der Waals surface area contributed by atoms with Gasteiger partial charge in [0.15, 0.2) is 12.0 Å². The largest absolute Gasteiger partial charge is 1.00 e. The zero-order valence-corrected chi connectivity index (χ0v) is 33.1. The third-order valence-corrected chi connectivity index (χ3v) is 6.94. The van der Waals surface area contributed by atoms with E-state index in [1.54, 1.807) is 60.7 Å². The van der Waals surface area contributed by atoms with Crippen molar-refractivity contribution in [1.82, 2.24) is 14.9 Å². The maximum absolute atomic E-state index is 13.5. The minimum absolute atomic E-state index is 0. The van der Waals surface area contributed by atoms with Crippen LogP contribution in [0.2, 0.25) is 0 Å².